The number of aromatic nitrogens is 3. The zero-order valence-electron chi connectivity index (χ0n) is 19.8. The second-order valence-corrected chi connectivity index (χ2v) is 10.4. The number of nitriles is 1. The van der Waals surface area contributed by atoms with Crippen molar-refractivity contribution in [3.8, 4) is 17.3 Å². The Hall–Kier alpha value is -3.53. The summed E-state index contributed by atoms with van der Waals surface area (Å²) in [4.78, 5) is 33.4. The SMILES string of the molecule is C[C@H]1CN(C(=O)CCS(=O)[O-])C(C)(C)C(=O)N1c1cc(-c2cc(Cl)c3c(N)ncnn23)ccc1C#N. The summed E-state index contributed by atoms with van der Waals surface area (Å²) in [6.07, 6.45) is 1.09. The summed E-state index contributed by atoms with van der Waals surface area (Å²) in [6, 6.07) is 8.37. The van der Waals surface area contributed by atoms with Gasteiger partial charge in [-0.2, -0.15) is 10.4 Å². The molecule has 3 heterocycles. The zero-order valence-corrected chi connectivity index (χ0v) is 21.3. The van der Waals surface area contributed by atoms with Crippen molar-refractivity contribution in [3.05, 3.63) is 41.2 Å². The lowest BCUT2D eigenvalue weighted by Gasteiger charge is -2.49. The Bertz CT molecular complexity index is 1450. The standard InChI is InChI=1S/C23H24ClN7O4S/c1-13-11-29(19(32)6-7-36(34)35)23(2,3)22(33)30(13)17-8-14(4-5-15(17)10-25)18-9-16(24)20-21(26)27-12-28-31(18)20/h4-5,8-9,12-13H,6-7,11H2,1-3H3,(H,34,35)(H2,26,27,28)/p-1/t13-/m0/s1. The summed E-state index contributed by atoms with van der Waals surface area (Å²) in [5, 5.41) is 14.4. The molecule has 3 aromatic rings. The largest absolute Gasteiger partial charge is 0.772 e. The molecule has 13 heteroatoms. The van der Waals surface area contributed by atoms with Crippen LogP contribution in [0.25, 0.3) is 16.8 Å². The lowest BCUT2D eigenvalue weighted by Crippen LogP contribution is -2.68. The Balaban J connectivity index is 1.77. The minimum atomic E-state index is -2.36. The van der Waals surface area contributed by atoms with Crippen molar-refractivity contribution < 1.29 is 18.4 Å². The first kappa shape index (κ1) is 25.6. The van der Waals surface area contributed by atoms with Gasteiger partial charge in [-0.05, 0) is 39.0 Å². The molecule has 1 aliphatic rings. The van der Waals surface area contributed by atoms with Crippen LogP contribution in [0.15, 0.2) is 30.6 Å². The van der Waals surface area contributed by atoms with Crippen molar-refractivity contribution in [2.75, 3.05) is 22.9 Å². The third-order valence-electron chi connectivity index (χ3n) is 6.30. The summed E-state index contributed by atoms with van der Waals surface area (Å²) in [7, 11) is 0. The van der Waals surface area contributed by atoms with E-state index < -0.39 is 34.5 Å². The highest BCUT2D eigenvalue weighted by Gasteiger charge is 2.47. The first-order chi connectivity index (χ1) is 17.0. The number of halogens is 1. The number of nitrogen functional groups attached to an aromatic ring is 1. The van der Waals surface area contributed by atoms with Crippen molar-refractivity contribution in [1.29, 1.82) is 5.26 Å². The Kier molecular flexibility index (Phi) is 6.74. The van der Waals surface area contributed by atoms with Crippen LogP contribution in [0.5, 0.6) is 0 Å². The number of hydrogen-bond acceptors (Lipinski definition) is 8. The molecule has 2 atom stereocenters. The fraction of sp³-hybridized carbons (Fsp3) is 0.348. The molecule has 1 aromatic carbocycles. The number of anilines is 2. The molecule has 11 nitrogen and oxygen atoms in total. The van der Waals surface area contributed by atoms with Gasteiger partial charge in [0.2, 0.25) is 5.91 Å². The first-order valence-corrected chi connectivity index (χ1v) is 12.6. The fourth-order valence-electron chi connectivity index (χ4n) is 4.46. The van der Waals surface area contributed by atoms with Crippen molar-refractivity contribution in [2.24, 2.45) is 0 Å². The summed E-state index contributed by atoms with van der Waals surface area (Å²) >= 11 is 4.02. The van der Waals surface area contributed by atoms with E-state index in [2.05, 4.69) is 16.2 Å². The van der Waals surface area contributed by atoms with Crippen molar-refractivity contribution in [1.82, 2.24) is 19.5 Å². The van der Waals surface area contributed by atoms with Crippen LogP contribution < -0.4 is 10.6 Å². The van der Waals surface area contributed by atoms with Gasteiger partial charge in [-0.15, -0.1) is 0 Å². The Morgan fingerprint density at radius 3 is 2.78 bits per heavy atom. The highest BCUT2D eigenvalue weighted by atomic mass is 35.5. The highest BCUT2D eigenvalue weighted by molar-refractivity contribution is 7.79. The van der Waals surface area contributed by atoms with Gasteiger partial charge in [0.1, 0.15) is 23.5 Å². The molecule has 36 heavy (non-hydrogen) atoms. The topological polar surface area (TPSA) is 161 Å². The number of hydrogen-bond donors (Lipinski definition) is 1. The van der Waals surface area contributed by atoms with E-state index in [9.17, 15) is 23.6 Å². The van der Waals surface area contributed by atoms with Gasteiger partial charge < -0.3 is 20.1 Å². The smallest absolute Gasteiger partial charge is 0.252 e. The van der Waals surface area contributed by atoms with Gasteiger partial charge in [0.15, 0.2) is 5.82 Å². The Morgan fingerprint density at radius 1 is 1.39 bits per heavy atom. The molecule has 0 saturated carbocycles. The van der Waals surface area contributed by atoms with Crippen LogP contribution in [0, 0.1) is 11.3 Å². The predicted molar refractivity (Wildman–Crippen MR) is 134 cm³/mol. The maximum absolute atomic E-state index is 13.7. The molecule has 188 valence electrons. The molecule has 0 radical (unpaired) electrons. The number of piperazine rings is 1. The molecular weight excluding hydrogens is 506 g/mol. The maximum atomic E-state index is 13.7. The van der Waals surface area contributed by atoms with Crippen LogP contribution in [0.4, 0.5) is 11.5 Å². The minimum absolute atomic E-state index is 0.168. The lowest BCUT2D eigenvalue weighted by atomic mass is 9.92. The quantitative estimate of drug-likeness (QED) is 0.492. The van der Waals surface area contributed by atoms with Crippen LogP contribution in [0.1, 0.15) is 32.8 Å². The van der Waals surface area contributed by atoms with Crippen LogP contribution in [0.2, 0.25) is 5.02 Å². The molecule has 0 spiro atoms. The molecule has 0 aliphatic carbocycles. The van der Waals surface area contributed by atoms with Gasteiger partial charge >= 0.3 is 0 Å². The van der Waals surface area contributed by atoms with E-state index in [0.717, 1.165) is 0 Å². The molecule has 0 bridgehead atoms. The van der Waals surface area contributed by atoms with Crippen molar-refractivity contribution in [3.63, 3.8) is 0 Å². The molecule has 2 aromatic heterocycles. The van der Waals surface area contributed by atoms with Gasteiger partial charge in [0.05, 0.1) is 28.0 Å². The van der Waals surface area contributed by atoms with Crippen LogP contribution >= 0.6 is 11.6 Å². The third kappa shape index (κ3) is 4.30. The second kappa shape index (κ2) is 9.50. The van der Waals surface area contributed by atoms with E-state index in [1.54, 1.807) is 49.6 Å². The molecule has 1 fully saturated rings. The number of amides is 2. The number of carbonyl (C=O) groups is 2. The second-order valence-electron chi connectivity index (χ2n) is 8.97. The molecule has 1 unspecified atom stereocenters. The highest BCUT2D eigenvalue weighted by Crippen LogP contribution is 2.37. The number of nitrogens with zero attached hydrogens (tertiary/aromatic N) is 6. The summed E-state index contributed by atoms with van der Waals surface area (Å²) in [5.74, 6) is -0.927. The average molecular weight is 529 g/mol. The first-order valence-electron chi connectivity index (χ1n) is 11.0. The monoisotopic (exact) mass is 528 g/mol. The van der Waals surface area contributed by atoms with E-state index in [-0.39, 0.29) is 30.1 Å². The van der Waals surface area contributed by atoms with E-state index in [1.807, 2.05) is 0 Å². The summed E-state index contributed by atoms with van der Waals surface area (Å²) in [6.45, 7) is 5.15. The van der Waals surface area contributed by atoms with E-state index in [4.69, 9.17) is 17.3 Å². The van der Waals surface area contributed by atoms with Gasteiger partial charge in [-0.3, -0.25) is 13.8 Å². The number of nitrogens with two attached hydrogens (primary N) is 1. The van der Waals surface area contributed by atoms with Crippen molar-refractivity contribution in [2.45, 2.75) is 38.8 Å². The molecule has 4 rings (SSSR count). The lowest BCUT2D eigenvalue weighted by molar-refractivity contribution is -0.148. The van der Waals surface area contributed by atoms with E-state index in [0.29, 0.717) is 27.5 Å². The number of rotatable bonds is 5. The number of fused-ring (bicyclic) bond motifs is 1. The predicted octanol–water partition coefficient (Wildman–Crippen LogP) is 2.12. The third-order valence-corrected chi connectivity index (χ3v) is 7.12. The van der Waals surface area contributed by atoms with E-state index >= 15 is 0 Å². The van der Waals surface area contributed by atoms with Gasteiger partial charge in [0.25, 0.3) is 5.91 Å². The van der Waals surface area contributed by atoms with Gasteiger partial charge in [-0.25, -0.2) is 9.50 Å². The maximum Gasteiger partial charge on any atom is 0.252 e. The average Bonchev–Trinajstić information content (AvgIpc) is 3.17. The van der Waals surface area contributed by atoms with Gasteiger partial charge in [-0.1, -0.05) is 28.7 Å². The molecule has 1 saturated heterocycles. The van der Waals surface area contributed by atoms with Gasteiger partial charge in [0, 0.05) is 24.3 Å². The summed E-state index contributed by atoms with van der Waals surface area (Å²) in [5.41, 5.74) is 7.03. The van der Waals surface area contributed by atoms with Crippen LogP contribution in [0.3, 0.4) is 0 Å². The number of benzene rings is 1. The van der Waals surface area contributed by atoms with E-state index in [1.165, 1.54) is 16.1 Å². The number of carbonyl (C=O) groups excluding carboxylic acids is 2. The van der Waals surface area contributed by atoms with Crippen LogP contribution in [-0.2, 0) is 20.7 Å². The normalized spacial score (nSPS) is 18.3. The van der Waals surface area contributed by atoms with Crippen molar-refractivity contribution >= 4 is 51.5 Å². The fourth-order valence-corrected chi connectivity index (χ4v) is 5.09. The minimum Gasteiger partial charge on any atom is -0.772 e. The molecule has 1 aliphatic heterocycles. The molecule has 2 N–H and O–H groups in total. The zero-order chi connectivity index (χ0) is 26.4. The van der Waals surface area contributed by atoms with Crippen LogP contribution in [-0.4, -0.2) is 64.0 Å². The molecule has 2 amide bonds. The Labute approximate surface area is 214 Å². The summed E-state index contributed by atoms with van der Waals surface area (Å²) < 4.78 is 23.4. The Morgan fingerprint density at radius 2 is 2.11 bits per heavy atom. The molecular formula is C23H23ClN7O4S-.